The van der Waals surface area contributed by atoms with Crippen LogP contribution in [0.4, 0.5) is 0 Å². The zero-order valence-corrected chi connectivity index (χ0v) is 9.26. The largest absolute Gasteiger partial charge is 0.383 e. The minimum Gasteiger partial charge on any atom is -0.383 e. The van der Waals surface area contributed by atoms with Crippen molar-refractivity contribution in [2.24, 2.45) is 0 Å². The summed E-state index contributed by atoms with van der Waals surface area (Å²) in [6.07, 6.45) is 0. The maximum atomic E-state index is 11.1. The monoisotopic (exact) mass is 217 g/mol. The number of carbonyl (C=O) groups is 2. The minimum atomic E-state index is -0.205. The number of rotatable bonds is 8. The molecule has 0 bridgehead atoms. The van der Waals surface area contributed by atoms with Crippen molar-refractivity contribution in [3.8, 4) is 0 Å². The predicted octanol–water partition coefficient (Wildman–Crippen LogP) is -1.53. The molecule has 0 atom stereocenters. The zero-order chi connectivity index (χ0) is 11.5. The molecular weight excluding hydrogens is 198 g/mol. The number of nitrogens with one attached hydrogen (secondary N) is 3. The molecular formula is C9H19N3O3. The van der Waals surface area contributed by atoms with Crippen molar-refractivity contribution in [1.29, 1.82) is 0 Å². The Kier molecular flexibility index (Phi) is 8.70. The molecule has 0 heterocycles. The van der Waals surface area contributed by atoms with Gasteiger partial charge in [-0.05, 0) is 0 Å². The first kappa shape index (κ1) is 13.9. The highest BCUT2D eigenvalue weighted by Gasteiger charge is 1.99. The second kappa shape index (κ2) is 9.42. The van der Waals surface area contributed by atoms with Crippen LogP contribution in [0, 0.1) is 0 Å². The van der Waals surface area contributed by atoms with Gasteiger partial charge in [0.1, 0.15) is 0 Å². The van der Waals surface area contributed by atoms with Crippen molar-refractivity contribution in [2.75, 3.05) is 39.9 Å². The average Bonchev–Trinajstić information content (AvgIpc) is 2.20. The molecule has 0 radical (unpaired) electrons. The van der Waals surface area contributed by atoms with Gasteiger partial charge in [-0.25, -0.2) is 0 Å². The summed E-state index contributed by atoms with van der Waals surface area (Å²) in [5.74, 6) is -0.387. The van der Waals surface area contributed by atoms with Crippen LogP contribution in [0.1, 0.15) is 6.92 Å². The van der Waals surface area contributed by atoms with Crippen LogP contribution in [0.2, 0.25) is 0 Å². The summed E-state index contributed by atoms with van der Waals surface area (Å²) < 4.78 is 4.84. The lowest BCUT2D eigenvalue weighted by Gasteiger charge is -2.06. The number of hydrogen-bond donors (Lipinski definition) is 3. The average molecular weight is 217 g/mol. The van der Waals surface area contributed by atoms with Crippen LogP contribution in [-0.4, -0.2) is 51.7 Å². The van der Waals surface area contributed by atoms with E-state index < -0.39 is 0 Å². The van der Waals surface area contributed by atoms with Crippen LogP contribution in [0.25, 0.3) is 0 Å². The summed E-state index contributed by atoms with van der Waals surface area (Å²) >= 11 is 0. The molecule has 3 N–H and O–H groups in total. The second-order valence-corrected chi connectivity index (χ2v) is 3.00. The molecule has 0 aliphatic heterocycles. The summed E-state index contributed by atoms with van der Waals surface area (Å²) in [4.78, 5) is 21.5. The van der Waals surface area contributed by atoms with E-state index in [1.54, 1.807) is 7.11 Å². The van der Waals surface area contributed by atoms with Gasteiger partial charge in [0.15, 0.2) is 0 Å². The van der Waals surface area contributed by atoms with Crippen LogP contribution in [0.5, 0.6) is 0 Å². The standard InChI is InChI=1S/C9H19N3O3/c1-8(13)12-7-9(14)11-4-3-10-5-6-15-2/h10H,3-7H2,1-2H3,(H,11,14)(H,12,13). The van der Waals surface area contributed by atoms with E-state index in [1.165, 1.54) is 6.92 Å². The second-order valence-electron chi connectivity index (χ2n) is 3.00. The third-order valence-corrected chi connectivity index (χ3v) is 1.60. The van der Waals surface area contributed by atoms with Crippen LogP contribution >= 0.6 is 0 Å². The van der Waals surface area contributed by atoms with Gasteiger partial charge in [-0.1, -0.05) is 0 Å². The Bertz CT molecular complexity index is 197. The number of methoxy groups -OCH3 is 1. The zero-order valence-electron chi connectivity index (χ0n) is 9.26. The van der Waals surface area contributed by atoms with E-state index in [1.807, 2.05) is 0 Å². The third kappa shape index (κ3) is 10.8. The van der Waals surface area contributed by atoms with Crippen molar-refractivity contribution in [3.05, 3.63) is 0 Å². The lowest BCUT2D eigenvalue weighted by Crippen LogP contribution is -2.39. The third-order valence-electron chi connectivity index (χ3n) is 1.60. The first-order valence-corrected chi connectivity index (χ1v) is 4.87. The molecule has 2 amide bonds. The molecule has 0 aromatic carbocycles. The smallest absolute Gasteiger partial charge is 0.239 e. The van der Waals surface area contributed by atoms with E-state index in [4.69, 9.17) is 4.74 Å². The fourth-order valence-corrected chi connectivity index (χ4v) is 0.857. The molecule has 0 aromatic heterocycles. The Hall–Kier alpha value is -1.14. The van der Waals surface area contributed by atoms with Crippen molar-refractivity contribution in [2.45, 2.75) is 6.92 Å². The molecule has 6 heteroatoms. The van der Waals surface area contributed by atoms with Gasteiger partial charge in [0.25, 0.3) is 0 Å². The van der Waals surface area contributed by atoms with Crippen LogP contribution in [-0.2, 0) is 14.3 Å². The van der Waals surface area contributed by atoms with E-state index >= 15 is 0 Å². The van der Waals surface area contributed by atoms with E-state index in [-0.39, 0.29) is 18.4 Å². The summed E-state index contributed by atoms with van der Waals surface area (Å²) in [7, 11) is 1.64. The van der Waals surface area contributed by atoms with Gasteiger partial charge < -0.3 is 20.7 Å². The topological polar surface area (TPSA) is 79.5 Å². The molecule has 0 unspecified atom stereocenters. The molecule has 6 nitrogen and oxygen atoms in total. The first-order chi connectivity index (χ1) is 7.16. The molecule has 15 heavy (non-hydrogen) atoms. The number of carbonyl (C=O) groups excluding carboxylic acids is 2. The SMILES string of the molecule is COCCNCCNC(=O)CNC(C)=O. The number of amides is 2. The van der Waals surface area contributed by atoms with Crippen LogP contribution in [0.3, 0.4) is 0 Å². The Morgan fingerprint density at radius 2 is 1.87 bits per heavy atom. The molecule has 0 aromatic rings. The lowest BCUT2D eigenvalue weighted by molar-refractivity contribution is -0.125. The Morgan fingerprint density at radius 1 is 1.13 bits per heavy atom. The molecule has 0 aliphatic rings. The normalized spacial score (nSPS) is 9.73. The first-order valence-electron chi connectivity index (χ1n) is 4.87. The molecule has 0 rings (SSSR count). The van der Waals surface area contributed by atoms with E-state index in [0.717, 1.165) is 6.54 Å². The van der Waals surface area contributed by atoms with Crippen molar-refractivity contribution < 1.29 is 14.3 Å². The van der Waals surface area contributed by atoms with Gasteiger partial charge in [-0.15, -0.1) is 0 Å². The van der Waals surface area contributed by atoms with E-state index in [9.17, 15) is 9.59 Å². The summed E-state index contributed by atoms with van der Waals surface area (Å²) in [5.41, 5.74) is 0. The fourth-order valence-electron chi connectivity index (χ4n) is 0.857. The lowest BCUT2D eigenvalue weighted by atomic mass is 10.5. The van der Waals surface area contributed by atoms with Gasteiger partial charge in [0, 0.05) is 33.7 Å². The van der Waals surface area contributed by atoms with Gasteiger partial charge in [-0.3, -0.25) is 9.59 Å². The van der Waals surface area contributed by atoms with Crippen LogP contribution < -0.4 is 16.0 Å². The summed E-state index contributed by atoms with van der Waals surface area (Å²) in [6.45, 7) is 4.06. The van der Waals surface area contributed by atoms with Gasteiger partial charge >= 0.3 is 0 Å². The van der Waals surface area contributed by atoms with E-state index in [2.05, 4.69) is 16.0 Å². The van der Waals surface area contributed by atoms with Crippen molar-refractivity contribution in [3.63, 3.8) is 0 Å². The minimum absolute atomic E-state index is 0.0351. The highest BCUT2D eigenvalue weighted by atomic mass is 16.5. The Labute approximate surface area is 89.7 Å². The summed E-state index contributed by atoms with van der Waals surface area (Å²) in [6, 6.07) is 0. The molecule has 0 saturated heterocycles. The van der Waals surface area contributed by atoms with E-state index in [0.29, 0.717) is 19.7 Å². The van der Waals surface area contributed by atoms with Crippen molar-refractivity contribution in [1.82, 2.24) is 16.0 Å². The Balaban J connectivity index is 3.20. The number of ether oxygens (including phenoxy) is 1. The molecule has 0 fully saturated rings. The van der Waals surface area contributed by atoms with Gasteiger partial charge in [-0.2, -0.15) is 0 Å². The quantitative estimate of drug-likeness (QED) is 0.431. The molecule has 0 aliphatic carbocycles. The highest BCUT2D eigenvalue weighted by Crippen LogP contribution is 1.67. The maximum absolute atomic E-state index is 11.1. The predicted molar refractivity (Wildman–Crippen MR) is 56.4 cm³/mol. The van der Waals surface area contributed by atoms with Gasteiger partial charge in [0.05, 0.1) is 13.2 Å². The molecule has 0 spiro atoms. The Morgan fingerprint density at radius 3 is 2.47 bits per heavy atom. The summed E-state index contributed by atoms with van der Waals surface area (Å²) in [5, 5.41) is 8.15. The fraction of sp³-hybridized carbons (Fsp3) is 0.778. The highest BCUT2D eigenvalue weighted by molar-refractivity contribution is 5.83. The van der Waals surface area contributed by atoms with Crippen LogP contribution in [0.15, 0.2) is 0 Å². The van der Waals surface area contributed by atoms with Crippen molar-refractivity contribution >= 4 is 11.8 Å². The number of hydrogen-bond acceptors (Lipinski definition) is 4. The van der Waals surface area contributed by atoms with Gasteiger partial charge in [0.2, 0.25) is 11.8 Å². The maximum Gasteiger partial charge on any atom is 0.239 e. The molecule has 88 valence electrons. The molecule has 0 saturated carbocycles.